The molecule has 0 amide bonds. The van der Waals surface area contributed by atoms with Crippen molar-refractivity contribution in [2.75, 3.05) is 18.5 Å². The zero-order valence-electron chi connectivity index (χ0n) is 11.6. The SMILES string of the molecule is O=c1c2ncn([C@H]3C[C@H](O)[C@@H](CO)O3)c2nc2n1C=CCN2. The molecule has 0 aliphatic carbocycles. The van der Waals surface area contributed by atoms with Crippen LogP contribution in [0.4, 0.5) is 5.95 Å². The van der Waals surface area contributed by atoms with Crippen LogP contribution in [0, 0.1) is 0 Å². The summed E-state index contributed by atoms with van der Waals surface area (Å²) in [6, 6.07) is 0. The molecule has 0 unspecified atom stereocenters. The zero-order chi connectivity index (χ0) is 15.3. The third-order valence-corrected chi connectivity index (χ3v) is 3.96. The highest BCUT2D eigenvalue weighted by atomic mass is 16.5. The van der Waals surface area contributed by atoms with Gasteiger partial charge in [0.15, 0.2) is 11.2 Å². The maximum atomic E-state index is 12.4. The Balaban J connectivity index is 1.82. The van der Waals surface area contributed by atoms with E-state index in [9.17, 15) is 15.0 Å². The van der Waals surface area contributed by atoms with Crippen LogP contribution in [0.15, 0.2) is 17.2 Å². The predicted octanol–water partition coefficient (Wildman–Crippen LogP) is -0.870. The van der Waals surface area contributed by atoms with Crippen molar-refractivity contribution in [3.05, 3.63) is 22.8 Å². The zero-order valence-corrected chi connectivity index (χ0v) is 11.6. The summed E-state index contributed by atoms with van der Waals surface area (Å²) in [5.74, 6) is 0.444. The van der Waals surface area contributed by atoms with Gasteiger partial charge in [-0.05, 0) is 6.08 Å². The number of rotatable bonds is 2. The number of ether oxygens (including phenoxy) is 1. The first kappa shape index (κ1) is 13.4. The van der Waals surface area contributed by atoms with Gasteiger partial charge >= 0.3 is 0 Å². The molecule has 2 aliphatic heterocycles. The highest BCUT2D eigenvalue weighted by Gasteiger charge is 2.35. The first-order valence-electron chi connectivity index (χ1n) is 7.03. The molecule has 9 heteroatoms. The normalized spacial score (nSPS) is 27.1. The number of nitrogens with zero attached hydrogens (tertiary/aromatic N) is 4. The van der Waals surface area contributed by atoms with Crippen molar-refractivity contribution in [1.82, 2.24) is 19.1 Å². The maximum absolute atomic E-state index is 12.4. The molecule has 0 saturated carbocycles. The second kappa shape index (κ2) is 4.90. The highest BCUT2D eigenvalue weighted by molar-refractivity contribution is 5.72. The van der Waals surface area contributed by atoms with Crippen LogP contribution in [0.2, 0.25) is 0 Å². The number of hydrogen-bond acceptors (Lipinski definition) is 7. The van der Waals surface area contributed by atoms with Gasteiger partial charge in [0, 0.05) is 19.2 Å². The summed E-state index contributed by atoms with van der Waals surface area (Å²) >= 11 is 0. The molecule has 1 saturated heterocycles. The monoisotopic (exact) mass is 305 g/mol. The molecule has 2 aromatic rings. The topological polar surface area (TPSA) is 114 Å². The Labute approximate surface area is 124 Å². The minimum Gasteiger partial charge on any atom is -0.394 e. The van der Waals surface area contributed by atoms with Crippen molar-refractivity contribution in [2.24, 2.45) is 0 Å². The number of anilines is 1. The minimum atomic E-state index is -0.757. The van der Waals surface area contributed by atoms with Crippen molar-refractivity contribution < 1.29 is 14.9 Å². The average Bonchev–Trinajstić information content (AvgIpc) is 3.11. The third kappa shape index (κ3) is 1.86. The van der Waals surface area contributed by atoms with Crippen molar-refractivity contribution in [3.8, 4) is 0 Å². The van der Waals surface area contributed by atoms with Gasteiger partial charge in [-0.3, -0.25) is 13.9 Å². The summed E-state index contributed by atoms with van der Waals surface area (Å²) in [4.78, 5) is 21.0. The molecule has 3 atom stereocenters. The summed E-state index contributed by atoms with van der Waals surface area (Å²) in [5.41, 5.74) is 0.372. The fraction of sp³-hybridized carbons (Fsp3) is 0.462. The molecule has 3 N–H and O–H groups in total. The molecule has 9 nitrogen and oxygen atoms in total. The molecule has 22 heavy (non-hydrogen) atoms. The largest absolute Gasteiger partial charge is 0.394 e. The third-order valence-electron chi connectivity index (χ3n) is 3.96. The molecule has 0 spiro atoms. The van der Waals surface area contributed by atoms with Crippen molar-refractivity contribution in [1.29, 1.82) is 0 Å². The van der Waals surface area contributed by atoms with E-state index in [4.69, 9.17) is 4.74 Å². The van der Waals surface area contributed by atoms with Gasteiger partial charge in [-0.1, -0.05) is 0 Å². The van der Waals surface area contributed by atoms with Gasteiger partial charge in [-0.15, -0.1) is 0 Å². The second-order valence-electron chi connectivity index (χ2n) is 5.32. The molecule has 0 bridgehead atoms. The molecule has 0 aromatic carbocycles. The minimum absolute atomic E-state index is 0.239. The number of hydrogen-bond donors (Lipinski definition) is 3. The van der Waals surface area contributed by atoms with Crippen molar-refractivity contribution in [2.45, 2.75) is 24.9 Å². The lowest BCUT2D eigenvalue weighted by Gasteiger charge is -2.16. The Hall–Kier alpha value is -2.23. The predicted molar refractivity (Wildman–Crippen MR) is 77.2 cm³/mol. The Morgan fingerprint density at radius 3 is 3.14 bits per heavy atom. The van der Waals surface area contributed by atoms with Crippen LogP contribution in [-0.2, 0) is 4.74 Å². The molecular weight excluding hydrogens is 290 g/mol. The first-order valence-corrected chi connectivity index (χ1v) is 7.03. The van der Waals surface area contributed by atoms with E-state index in [-0.39, 0.29) is 17.7 Å². The summed E-state index contributed by atoms with van der Waals surface area (Å²) in [5, 5.41) is 22.0. The summed E-state index contributed by atoms with van der Waals surface area (Å²) in [6.45, 7) is 0.333. The van der Waals surface area contributed by atoms with Crippen molar-refractivity contribution >= 4 is 23.3 Å². The van der Waals surface area contributed by atoms with Gasteiger partial charge in [-0.25, -0.2) is 4.98 Å². The van der Waals surface area contributed by atoms with Crippen LogP contribution in [-0.4, -0.2) is 54.7 Å². The van der Waals surface area contributed by atoms with E-state index in [0.717, 1.165) is 0 Å². The fourth-order valence-corrected chi connectivity index (χ4v) is 2.81. The van der Waals surface area contributed by atoms with Crippen LogP contribution in [0.3, 0.4) is 0 Å². The Bertz CT molecular complexity index is 811. The quantitative estimate of drug-likeness (QED) is 0.660. The second-order valence-corrected chi connectivity index (χ2v) is 5.32. The number of fused-ring (bicyclic) bond motifs is 2. The van der Waals surface area contributed by atoms with E-state index >= 15 is 0 Å². The van der Waals surface area contributed by atoms with Gasteiger partial charge < -0.3 is 20.3 Å². The van der Waals surface area contributed by atoms with E-state index in [0.29, 0.717) is 24.6 Å². The van der Waals surface area contributed by atoms with Gasteiger partial charge in [-0.2, -0.15) is 4.98 Å². The van der Waals surface area contributed by atoms with Gasteiger partial charge in [0.25, 0.3) is 5.56 Å². The Morgan fingerprint density at radius 2 is 2.36 bits per heavy atom. The van der Waals surface area contributed by atoms with E-state index in [1.807, 2.05) is 6.08 Å². The molecule has 116 valence electrons. The van der Waals surface area contributed by atoms with Gasteiger partial charge in [0.05, 0.1) is 19.0 Å². The molecule has 2 aromatic heterocycles. The Morgan fingerprint density at radius 1 is 1.50 bits per heavy atom. The van der Waals surface area contributed by atoms with Gasteiger partial charge in [0.2, 0.25) is 5.95 Å². The van der Waals surface area contributed by atoms with E-state index in [1.54, 1.807) is 10.8 Å². The molecule has 4 rings (SSSR count). The van der Waals surface area contributed by atoms with E-state index < -0.39 is 18.4 Å². The highest BCUT2D eigenvalue weighted by Crippen LogP contribution is 2.30. The fourth-order valence-electron chi connectivity index (χ4n) is 2.81. The van der Waals surface area contributed by atoms with Crippen LogP contribution in [0.25, 0.3) is 17.4 Å². The summed E-state index contributed by atoms with van der Waals surface area (Å²) < 4.78 is 8.63. The van der Waals surface area contributed by atoms with Gasteiger partial charge in [0.1, 0.15) is 12.3 Å². The first-order chi connectivity index (χ1) is 10.7. The maximum Gasteiger partial charge on any atom is 0.287 e. The number of aromatic nitrogens is 4. The summed E-state index contributed by atoms with van der Waals surface area (Å²) in [7, 11) is 0. The lowest BCUT2D eigenvalue weighted by Crippen LogP contribution is -2.25. The van der Waals surface area contributed by atoms with E-state index in [1.165, 1.54) is 10.9 Å². The van der Waals surface area contributed by atoms with Crippen LogP contribution in [0.5, 0.6) is 0 Å². The smallest absolute Gasteiger partial charge is 0.287 e. The number of aliphatic hydroxyl groups excluding tert-OH is 2. The van der Waals surface area contributed by atoms with Crippen LogP contribution in [0.1, 0.15) is 12.6 Å². The molecule has 1 fully saturated rings. The molecule has 0 radical (unpaired) electrons. The number of nitrogens with one attached hydrogen (secondary N) is 1. The average molecular weight is 305 g/mol. The van der Waals surface area contributed by atoms with Crippen molar-refractivity contribution in [3.63, 3.8) is 0 Å². The van der Waals surface area contributed by atoms with Crippen LogP contribution < -0.4 is 10.9 Å². The lowest BCUT2D eigenvalue weighted by atomic mass is 10.2. The number of aliphatic hydroxyl groups is 2. The molecular formula is C13H15N5O4. The van der Waals surface area contributed by atoms with E-state index in [2.05, 4.69) is 15.3 Å². The van der Waals surface area contributed by atoms with Crippen LogP contribution >= 0.6 is 0 Å². The lowest BCUT2D eigenvalue weighted by molar-refractivity contribution is -0.0432. The number of imidazole rings is 1. The standard InChI is InChI=1S/C13H15N5O4/c19-5-8-7(20)4-9(22-8)18-6-15-10-11(18)16-13-14-2-1-3-17(13)12(10)21/h1,3,6-9,19-20H,2,4-5H2,(H,14,16)/t7-,8+,9+/m0/s1. The Kier molecular flexibility index (Phi) is 2.99. The summed E-state index contributed by atoms with van der Waals surface area (Å²) in [6.07, 6.45) is 3.37. The molecule has 2 aliphatic rings. The molecule has 4 heterocycles.